The molecular weight excluding hydrogens is 254 g/mol. The first kappa shape index (κ1) is 14.5. The second-order valence-corrected chi connectivity index (χ2v) is 4.53. The van der Waals surface area contributed by atoms with Gasteiger partial charge in [-0.3, -0.25) is 0 Å². The van der Waals surface area contributed by atoms with E-state index < -0.39 is 0 Å². The Hall–Kier alpha value is -1.88. The molecule has 1 aromatic heterocycles. The number of rotatable bonds is 8. The zero-order chi connectivity index (χ0) is 14.2. The number of hydrogen-bond donors (Lipinski definition) is 0. The van der Waals surface area contributed by atoms with Crippen LogP contribution in [0.15, 0.2) is 30.6 Å². The Morgan fingerprint density at radius 3 is 2.85 bits per heavy atom. The minimum absolute atomic E-state index is 0.629. The van der Waals surface area contributed by atoms with Gasteiger partial charge >= 0.3 is 0 Å². The van der Waals surface area contributed by atoms with Crippen molar-refractivity contribution in [1.29, 1.82) is 0 Å². The van der Waals surface area contributed by atoms with Crippen LogP contribution in [0.4, 0.5) is 0 Å². The number of methoxy groups -OCH3 is 1. The van der Waals surface area contributed by atoms with Crippen molar-refractivity contribution in [2.75, 3.05) is 20.3 Å². The van der Waals surface area contributed by atoms with Crippen LogP contribution < -0.4 is 4.74 Å². The molecule has 0 saturated heterocycles. The molecule has 0 N–H and O–H groups in total. The summed E-state index contributed by atoms with van der Waals surface area (Å²) < 4.78 is 12.7. The van der Waals surface area contributed by atoms with Crippen molar-refractivity contribution in [1.82, 2.24) is 14.8 Å². The normalized spacial score (nSPS) is 10.7. The Morgan fingerprint density at radius 1 is 1.20 bits per heavy atom. The molecule has 0 bridgehead atoms. The summed E-state index contributed by atoms with van der Waals surface area (Å²) in [6, 6.07) is 8.08. The molecule has 0 aliphatic rings. The molecule has 2 rings (SSSR count). The van der Waals surface area contributed by atoms with E-state index in [0.29, 0.717) is 19.6 Å². The molecule has 0 fully saturated rings. The summed E-state index contributed by atoms with van der Waals surface area (Å²) in [6.45, 7) is 4.17. The first-order valence-electron chi connectivity index (χ1n) is 6.91. The third-order valence-corrected chi connectivity index (χ3v) is 2.99. The van der Waals surface area contributed by atoms with E-state index in [9.17, 15) is 0 Å². The van der Waals surface area contributed by atoms with E-state index in [0.717, 1.165) is 30.2 Å². The van der Waals surface area contributed by atoms with Gasteiger partial charge in [-0.1, -0.05) is 25.1 Å². The highest BCUT2D eigenvalue weighted by Gasteiger charge is 2.09. The lowest BCUT2D eigenvalue weighted by atomic mass is 10.1. The van der Waals surface area contributed by atoms with Gasteiger partial charge in [-0.25, -0.2) is 9.67 Å². The van der Waals surface area contributed by atoms with Crippen molar-refractivity contribution in [3.8, 4) is 5.75 Å². The Labute approximate surface area is 119 Å². The van der Waals surface area contributed by atoms with Gasteiger partial charge in [0.25, 0.3) is 0 Å². The number of nitrogens with zero attached hydrogens (tertiary/aromatic N) is 3. The molecular formula is C15H21N3O2. The lowest BCUT2D eigenvalue weighted by Gasteiger charge is -2.11. The minimum atomic E-state index is 0.629. The fourth-order valence-electron chi connectivity index (χ4n) is 1.96. The van der Waals surface area contributed by atoms with E-state index in [4.69, 9.17) is 9.47 Å². The average Bonchev–Trinajstić information content (AvgIpc) is 2.91. The predicted molar refractivity (Wildman–Crippen MR) is 76.9 cm³/mol. The molecule has 0 aliphatic carbocycles. The molecule has 1 heterocycles. The van der Waals surface area contributed by atoms with Gasteiger partial charge < -0.3 is 9.47 Å². The van der Waals surface area contributed by atoms with E-state index in [1.807, 2.05) is 22.9 Å². The second kappa shape index (κ2) is 7.65. The third-order valence-electron chi connectivity index (χ3n) is 2.99. The van der Waals surface area contributed by atoms with E-state index in [-0.39, 0.29) is 0 Å². The molecule has 0 spiro atoms. The number of para-hydroxylation sites is 1. The SMILES string of the molecule is CCCOc1ccccc1Cc1ncnn1CCOC. The van der Waals surface area contributed by atoms with Crippen molar-refractivity contribution >= 4 is 0 Å². The average molecular weight is 275 g/mol. The standard InChI is InChI=1S/C15H21N3O2/c1-3-9-20-14-7-5-4-6-13(14)11-15-16-12-17-18(15)8-10-19-2/h4-7,12H,3,8-11H2,1-2H3. The van der Waals surface area contributed by atoms with Gasteiger partial charge in [0.1, 0.15) is 17.9 Å². The molecule has 2 aromatic rings. The summed E-state index contributed by atoms with van der Waals surface area (Å²) >= 11 is 0. The van der Waals surface area contributed by atoms with Crippen LogP contribution in [-0.2, 0) is 17.7 Å². The fourth-order valence-corrected chi connectivity index (χ4v) is 1.96. The molecule has 5 nitrogen and oxygen atoms in total. The predicted octanol–water partition coefficient (Wildman–Crippen LogP) is 2.30. The van der Waals surface area contributed by atoms with Crippen LogP contribution in [0.2, 0.25) is 0 Å². The largest absolute Gasteiger partial charge is 0.493 e. The Kier molecular flexibility index (Phi) is 5.55. The lowest BCUT2D eigenvalue weighted by molar-refractivity contribution is 0.182. The first-order chi connectivity index (χ1) is 9.85. The molecule has 0 radical (unpaired) electrons. The summed E-state index contributed by atoms with van der Waals surface area (Å²) in [5.74, 6) is 1.85. The third kappa shape index (κ3) is 3.81. The summed E-state index contributed by atoms with van der Waals surface area (Å²) in [5.41, 5.74) is 1.13. The molecule has 0 aliphatic heterocycles. The summed E-state index contributed by atoms with van der Waals surface area (Å²) in [4.78, 5) is 4.33. The van der Waals surface area contributed by atoms with Gasteiger partial charge in [0.15, 0.2) is 0 Å². The smallest absolute Gasteiger partial charge is 0.138 e. The number of aromatic nitrogens is 3. The molecule has 1 aromatic carbocycles. The van der Waals surface area contributed by atoms with E-state index in [1.165, 1.54) is 0 Å². The Morgan fingerprint density at radius 2 is 2.05 bits per heavy atom. The van der Waals surface area contributed by atoms with Crippen molar-refractivity contribution in [3.63, 3.8) is 0 Å². The van der Waals surface area contributed by atoms with Crippen LogP contribution in [0.3, 0.4) is 0 Å². The zero-order valence-electron chi connectivity index (χ0n) is 12.1. The quantitative estimate of drug-likeness (QED) is 0.741. The van der Waals surface area contributed by atoms with Crippen LogP contribution in [0.1, 0.15) is 24.7 Å². The van der Waals surface area contributed by atoms with Gasteiger partial charge in [-0.2, -0.15) is 5.10 Å². The van der Waals surface area contributed by atoms with Crippen LogP contribution in [-0.4, -0.2) is 35.1 Å². The highest BCUT2D eigenvalue weighted by molar-refractivity contribution is 5.35. The van der Waals surface area contributed by atoms with E-state index in [2.05, 4.69) is 23.1 Å². The molecule has 5 heteroatoms. The van der Waals surface area contributed by atoms with Gasteiger partial charge in [0, 0.05) is 19.1 Å². The van der Waals surface area contributed by atoms with Crippen LogP contribution in [0, 0.1) is 0 Å². The molecule has 0 amide bonds. The molecule has 0 atom stereocenters. The maximum atomic E-state index is 5.77. The molecule has 0 saturated carbocycles. The van der Waals surface area contributed by atoms with E-state index >= 15 is 0 Å². The van der Waals surface area contributed by atoms with Crippen molar-refractivity contribution in [3.05, 3.63) is 42.0 Å². The first-order valence-corrected chi connectivity index (χ1v) is 6.91. The minimum Gasteiger partial charge on any atom is -0.493 e. The van der Waals surface area contributed by atoms with Gasteiger partial charge in [0.2, 0.25) is 0 Å². The molecule has 20 heavy (non-hydrogen) atoms. The summed E-state index contributed by atoms with van der Waals surface area (Å²) in [5, 5.41) is 4.23. The van der Waals surface area contributed by atoms with Crippen LogP contribution in [0.5, 0.6) is 5.75 Å². The monoisotopic (exact) mass is 275 g/mol. The maximum absolute atomic E-state index is 5.77. The van der Waals surface area contributed by atoms with Crippen molar-refractivity contribution < 1.29 is 9.47 Å². The highest BCUT2D eigenvalue weighted by atomic mass is 16.5. The maximum Gasteiger partial charge on any atom is 0.138 e. The highest BCUT2D eigenvalue weighted by Crippen LogP contribution is 2.20. The van der Waals surface area contributed by atoms with Gasteiger partial charge in [-0.05, 0) is 12.5 Å². The Balaban J connectivity index is 2.11. The van der Waals surface area contributed by atoms with Crippen LogP contribution >= 0.6 is 0 Å². The van der Waals surface area contributed by atoms with Gasteiger partial charge in [0.05, 0.1) is 19.8 Å². The molecule has 0 unspecified atom stereocenters. The van der Waals surface area contributed by atoms with Crippen LogP contribution in [0.25, 0.3) is 0 Å². The van der Waals surface area contributed by atoms with Crippen molar-refractivity contribution in [2.24, 2.45) is 0 Å². The lowest BCUT2D eigenvalue weighted by Crippen LogP contribution is -2.11. The zero-order valence-corrected chi connectivity index (χ0v) is 12.1. The summed E-state index contributed by atoms with van der Waals surface area (Å²) in [7, 11) is 1.69. The van der Waals surface area contributed by atoms with E-state index in [1.54, 1.807) is 13.4 Å². The number of hydrogen-bond acceptors (Lipinski definition) is 4. The second-order valence-electron chi connectivity index (χ2n) is 4.53. The summed E-state index contributed by atoms with van der Waals surface area (Å²) in [6.07, 6.45) is 3.29. The van der Waals surface area contributed by atoms with Crippen molar-refractivity contribution in [2.45, 2.75) is 26.3 Å². The number of benzene rings is 1. The topological polar surface area (TPSA) is 49.2 Å². The van der Waals surface area contributed by atoms with Gasteiger partial charge in [-0.15, -0.1) is 0 Å². The fraction of sp³-hybridized carbons (Fsp3) is 0.467. The number of ether oxygens (including phenoxy) is 2. The molecule has 108 valence electrons. The Bertz CT molecular complexity index is 525.